The summed E-state index contributed by atoms with van der Waals surface area (Å²) in [6.45, 7) is 1.82. The van der Waals surface area contributed by atoms with E-state index in [2.05, 4.69) is 5.32 Å². The molecule has 0 aromatic rings. The molecule has 1 amide bonds. The fourth-order valence-electron chi connectivity index (χ4n) is 2.76. The largest absolute Gasteiger partial charge is 0.481 e. The number of carbonyl (C=O) groups excluding carboxylic acids is 1. The summed E-state index contributed by atoms with van der Waals surface area (Å²) < 4.78 is 0. The molecule has 0 aromatic carbocycles. The van der Waals surface area contributed by atoms with Crippen LogP contribution in [0, 0.1) is 5.41 Å². The molecule has 1 unspecified atom stereocenters. The molecule has 5 nitrogen and oxygen atoms in total. The maximum absolute atomic E-state index is 11.9. The first-order chi connectivity index (χ1) is 8.51. The van der Waals surface area contributed by atoms with Crippen molar-refractivity contribution < 1.29 is 19.8 Å². The van der Waals surface area contributed by atoms with E-state index in [0.29, 0.717) is 6.42 Å². The molecule has 0 bridgehead atoms. The summed E-state index contributed by atoms with van der Waals surface area (Å²) in [5, 5.41) is 20.8. The highest BCUT2D eigenvalue weighted by Gasteiger charge is 2.38. The Kier molecular flexibility index (Phi) is 5.59. The maximum Gasteiger partial charge on any atom is 0.303 e. The van der Waals surface area contributed by atoms with Crippen molar-refractivity contribution in [3.8, 4) is 0 Å². The van der Waals surface area contributed by atoms with Gasteiger partial charge < -0.3 is 15.5 Å². The highest BCUT2D eigenvalue weighted by molar-refractivity contribution is 5.78. The number of aliphatic hydroxyl groups excluding tert-OH is 1. The lowest BCUT2D eigenvalue weighted by Crippen LogP contribution is -2.40. The molecule has 0 radical (unpaired) electrons. The van der Waals surface area contributed by atoms with Crippen LogP contribution in [0.4, 0.5) is 0 Å². The maximum atomic E-state index is 11.9. The minimum absolute atomic E-state index is 0.0658. The van der Waals surface area contributed by atoms with Crippen molar-refractivity contribution in [1.82, 2.24) is 5.32 Å². The standard InChI is InChI=1S/C13H23NO4/c1-2-10(9-15)14-11(16)7-13(8-12(17)18)5-3-4-6-13/h10,15H,2-9H2,1H3,(H,14,16)(H,17,18). The predicted octanol–water partition coefficient (Wildman–Crippen LogP) is 1.30. The second-order valence-electron chi connectivity index (χ2n) is 5.31. The quantitative estimate of drug-likeness (QED) is 0.641. The van der Waals surface area contributed by atoms with Crippen LogP contribution in [0.5, 0.6) is 0 Å². The molecule has 0 saturated heterocycles. The molecule has 1 aliphatic carbocycles. The van der Waals surface area contributed by atoms with Gasteiger partial charge in [-0.25, -0.2) is 0 Å². The van der Waals surface area contributed by atoms with Crippen molar-refractivity contribution >= 4 is 11.9 Å². The van der Waals surface area contributed by atoms with Gasteiger partial charge in [-0.3, -0.25) is 9.59 Å². The molecule has 104 valence electrons. The van der Waals surface area contributed by atoms with Crippen molar-refractivity contribution in [2.45, 2.75) is 57.9 Å². The number of hydrogen-bond acceptors (Lipinski definition) is 3. The topological polar surface area (TPSA) is 86.6 Å². The Bertz CT molecular complexity index is 293. The first-order valence-corrected chi connectivity index (χ1v) is 6.63. The lowest BCUT2D eigenvalue weighted by molar-refractivity contribution is -0.140. The molecule has 1 saturated carbocycles. The van der Waals surface area contributed by atoms with E-state index in [1.807, 2.05) is 6.92 Å². The fraction of sp³-hybridized carbons (Fsp3) is 0.846. The number of carboxylic acid groups (broad SMARTS) is 1. The zero-order valence-corrected chi connectivity index (χ0v) is 10.9. The second kappa shape index (κ2) is 6.73. The van der Waals surface area contributed by atoms with E-state index in [4.69, 9.17) is 10.2 Å². The van der Waals surface area contributed by atoms with Crippen LogP contribution >= 0.6 is 0 Å². The van der Waals surface area contributed by atoms with Gasteiger partial charge in [0.2, 0.25) is 5.91 Å². The van der Waals surface area contributed by atoms with Crippen LogP contribution in [0.1, 0.15) is 51.9 Å². The van der Waals surface area contributed by atoms with Crippen LogP contribution in [0.25, 0.3) is 0 Å². The van der Waals surface area contributed by atoms with Crippen LogP contribution in [0.2, 0.25) is 0 Å². The number of amides is 1. The Hall–Kier alpha value is -1.10. The van der Waals surface area contributed by atoms with E-state index >= 15 is 0 Å². The number of rotatable bonds is 7. The first kappa shape index (κ1) is 15.0. The van der Waals surface area contributed by atoms with Crippen molar-refractivity contribution in [2.24, 2.45) is 5.41 Å². The Balaban J connectivity index is 2.55. The molecule has 0 heterocycles. The first-order valence-electron chi connectivity index (χ1n) is 6.63. The number of nitrogens with one attached hydrogen (secondary N) is 1. The zero-order chi connectivity index (χ0) is 13.6. The fourth-order valence-corrected chi connectivity index (χ4v) is 2.76. The van der Waals surface area contributed by atoms with Crippen molar-refractivity contribution in [3.63, 3.8) is 0 Å². The molecule has 0 aromatic heterocycles. The number of carboxylic acids is 1. The van der Waals surface area contributed by atoms with E-state index in [1.165, 1.54) is 0 Å². The summed E-state index contributed by atoms with van der Waals surface area (Å²) in [7, 11) is 0. The molecule has 1 aliphatic rings. The minimum atomic E-state index is -0.834. The van der Waals surface area contributed by atoms with E-state index in [9.17, 15) is 9.59 Å². The summed E-state index contributed by atoms with van der Waals surface area (Å²) in [6, 6.07) is -0.221. The summed E-state index contributed by atoms with van der Waals surface area (Å²) in [5.41, 5.74) is -0.371. The van der Waals surface area contributed by atoms with Gasteiger partial charge in [0.05, 0.1) is 19.1 Å². The van der Waals surface area contributed by atoms with Crippen LogP contribution < -0.4 is 5.32 Å². The molecular formula is C13H23NO4. The molecule has 1 rings (SSSR count). The molecule has 1 fully saturated rings. The Morgan fingerprint density at radius 2 is 1.89 bits per heavy atom. The van der Waals surface area contributed by atoms with Gasteiger partial charge in [0, 0.05) is 6.42 Å². The molecule has 3 N–H and O–H groups in total. The number of hydrogen-bond donors (Lipinski definition) is 3. The van der Waals surface area contributed by atoms with E-state index in [0.717, 1.165) is 25.7 Å². The average molecular weight is 257 g/mol. The van der Waals surface area contributed by atoms with Crippen molar-refractivity contribution in [3.05, 3.63) is 0 Å². The Morgan fingerprint density at radius 1 is 1.28 bits per heavy atom. The highest BCUT2D eigenvalue weighted by atomic mass is 16.4. The molecule has 0 aliphatic heterocycles. The minimum Gasteiger partial charge on any atom is -0.481 e. The van der Waals surface area contributed by atoms with Crippen LogP contribution in [0.3, 0.4) is 0 Å². The number of carbonyl (C=O) groups is 2. The van der Waals surface area contributed by atoms with Crippen LogP contribution in [-0.2, 0) is 9.59 Å². The molecule has 18 heavy (non-hydrogen) atoms. The average Bonchev–Trinajstić information content (AvgIpc) is 2.73. The molecule has 1 atom stereocenters. The number of aliphatic hydroxyl groups is 1. The van der Waals surface area contributed by atoms with Gasteiger partial charge in [-0.05, 0) is 24.7 Å². The highest BCUT2D eigenvalue weighted by Crippen LogP contribution is 2.44. The van der Waals surface area contributed by atoms with E-state index in [1.54, 1.807) is 0 Å². The van der Waals surface area contributed by atoms with Gasteiger partial charge >= 0.3 is 5.97 Å². The van der Waals surface area contributed by atoms with Gasteiger partial charge in [0.25, 0.3) is 0 Å². The third kappa shape index (κ3) is 4.29. The van der Waals surface area contributed by atoms with Gasteiger partial charge in [-0.2, -0.15) is 0 Å². The predicted molar refractivity (Wildman–Crippen MR) is 67.1 cm³/mol. The van der Waals surface area contributed by atoms with E-state index in [-0.39, 0.29) is 36.8 Å². The van der Waals surface area contributed by atoms with Gasteiger partial charge in [-0.1, -0.05) is 19.8 Å². The summed E-state index contributed by atoms with van der Waals surface area (Å²) in [5.74, 6) is -0.974. The zero-order valence-electron chi connectivity index (χ0n) is 10.9. The lowest BCUT2D eigenvalue weighted by atomic mass is 9.79. The van der Waals surface area contributed by atoms with Crippen LogP contribution in [0.15, 0.2) is 0 Å². The molecular weight excluding hydrogens is 234 g/mol. The van der Waals surface area contributed by atoms with E-state index < -0.39 is 5.97 Å². The van der Waals surface area contributed by atoms with Gasteiger partial charge in [0.15, 0.2) is 0 Å². The van der Waals surface area contributed by atoms with Gasteiger partial charge in [0.1, 0.15) is 0 Å². The monoisotopic (exact) mass is 257 g/mol. The van der Waals surface area contributed by atoms with Crippen molar-refractivity contribution in [2.75, 3.05) is 6.61 Å². The third-order valence-corrected chi connectivity index (χ3v) is 3.80. The summed E-state index contributed by atoms with van der Waals surface area (Å²) in [6.07, 6.45) is 4.61. The second-order valence-corrected chi connectivity index (χ2v) is 5.31. The normalized spacial score (nSPS) is 19.4. The summed E-state index contributed by atoms with van der Waals surface area (Å²) >= 11 is 0. The number of aliphatic carboxylic acids is 1. The van der Waals surface area contributed by atoms with Crippen molar-refractivity contribution in [1.29, 1.82) is 0 Å². The Morgan fingerprint density at radius 3 is 2.33 bits per heavy atom. The molecule has 0 spiro atoms. The smallest absolute Gasteiger partial charge is 0.303 e. The van der Waals surface area contributed by atoms with Gasteiger partial charge in [-0.15, -0.1) is 0 Å². The lowest BCUT2D eigenvalue weighted by Gasteiger charge is -2.27. The third-order valence-electron chi connectivity index (χ3n) is 3.80. The summed E-state index contributed by atoms with van der Waals surface area (Å²) in [4.78, 5) is 22.8. The Labute approximate surface area is 108 Å². The SMILES string of the molecule is CCC(CO)NC(=O)CC1(CC(=O)O)CCCC1. The molecule has 5 heteroatoms. The van der Waals surface area contributed by atoms with Crippen LogP contribution in [-0.4, -0.2) is 34.7 Å².